The second-order valence-corrected chi connectivity index (χ2v) is 5.43. The number of likely N-dealkylation sites (tertiary alicyclic amines) is 1. The molecule has 2 aromatic rings. The number of piperidine rings is 1. The molecule has 102 valence electrons. The zero-order valence-corrected chi connectivity index (χ0v) is 11.8. The number of nitrogens with zero attached hydrogens (tertiary/aromatic N) is 5. The van der Waals surface area contributed by atoms with Crippen LogP contribution in [0, 0.1) is 0 Å². The Morgan fingerprint density at radius 3 is 2.68 bits per heavy atom. The van der Waals surface area contributed by atoms with Gasteiger partial charge in [0.05, 0.1) is 6.20 Å². The predicted octanol–water partition coefficient (Wildman–Crippen LogP) is 1.05. The molecule has 0 unspecified atom stereocenters. The number of hydrogen-bond acceptors (Lipinski definition) is 4. The number of aromatic nitrogens is 4. The lowest BCUT2D eigenvalue weighted by Gasteiger charge is -2.29. The van der Waals surface area contributed by atoms with Crippen LogP contribution in [0.25, 0.3) is 11.2 Å². The molecule has 0 bridgehead atoms. The van der Waals surface area contributed by atoms with Crippen LogP contribution in [0.2, 0.25) is 5.28 Å². The summed E-state index contributed by atoms with van der Waals surface area (Å²) in [4.78, 5) is 22.8. The molecule has 7 heteroatoms. The van der Waals surface area contributed by atoms with E-state index >= 15 is 0 Å². The number of fused-ring (bicyclic) bond motifs is 1. The molecule has 19 heavy (non-hydrogen) atoms. The van der Waals surface area contributed by atoms with Crippen LogP contribution in [0.3, 0.4) is 0 Å². The topological polar surface area (TPSA) is 56.0 Å². The molecule has 1 fully saturated rings. The Kier molecular flexibility index (Phi) is 3.06. The van der Waals surface area contributed by atoms with Gasteiger partial charge in [-0.05, 0) is 44.6 Å². The van der Waals surface area contributed by atoms with Gasteiger partial charge in [0.2, 0.25) is 5.28 Å². The van der Waals surface area contributed by atoms with Gasteiger partial charge in [-0.3, -0.25) is 9.13 Å². The molecule has 0 spiro atoms. The van der Waals surface area contributed by atoms with Crippen molar-refractivity contribution in [1.29, 1.82) is 0 Å². The first-order chi connectivity index (χ1) is 9.08. The van der Waals surface area contributed by atoms with Crippen molar-refractivity contribution in [3.63, 3.8) is 0 Å². The fourth-order valence-electron chi connectivity index (χ4n) is 2.70. The van der Waals surface area contributed by atoms with E-state index in [-0.39, 0.29) is 17.0 Å². The van der Waals surface area contributed by atoms with Crippen LogP contribution < -0.4 is 5.69 Å². The standard InChI is InChI=1S/C12H16ClN5O/c1-16-5-3-8(4-6-16)18-10-9(17(2)12(18)19)7-14-11(13)15-10/h7-8H,3-6H2,1-2H3. The van der Waals surface area contributed by atoms with Gasteiger partial charge in [-0.15, -0.1) is 0 Å². The van der Waals surface area contributed by atoms with E-state index in [1.807, 2.05) is 0 Å². The maximum Gasteiger partial charge on any atom is 0.330 e. The molecular weight excluding hydrogens is 266 g/mol. The summed E-state index contributed by atoms with van der Waals surface area (Å²) < 4.78 is 3.36. The quantitative estimate of drug-likeness (QED) is 0.733. The molecule has 0 aromatic carbocycles. The fraction of sp³-hybridized carbons (Fsp3) is 0.583. The van der Waals surface area contributed by atoms with Crippen LogP contribution in [0.5, 0.6) is 0 Å². The number of rotatable bonds is 1. The van der Waals surface area contributed by atoms with Gasteiger partial charge in [0.25, 0.3) is 0 Å². The second kappa shape index (κ2) is 4.61. The second-order valence-electron chi connectivity index (χ2n) is 5.09. The smallest absolute Gasteiger partial charge is 0.306 e. The van der Waals surface area contributed by atoms with Crippen LogP contribution >= 0.6 is 11.6 Å². The normalized spacial score (nSPS) is 18.3. The average Bonchev–Trinajstić information content (AvgIpc) is 2.63. The van der Waals surface area contributed by atoms with Crippen LogP contribution in [0.15, 0.2) is 11.0 Å². The summed E-state index contributed by atoms with van der Waals surface area (Å²) in [5.41, 5.74) is 1.33. The molecule has 0 amide bonds. The van der Waals surface area contributed by atoms with E-state index in [0.29, 0.717) is 5.65 Å². The van der Waals surface area contributed by atoms with Crippen molar-refractivity contribution in [3.8, 4) is 0 Å². The van der Waals surface area contributed by atoms with Crippen molar-refractivity contribution >= 4 is 22.8 Å². The first-order valence-corrected chi connectivity index (χ1v) is 6.73. The van der Waals surface area contributed by atoms with Crippen LogP contribution in [-0.4, -0.2) is 44.1 Å². The highest BCUT2D eigenvalue weighted by molar-refractivity contribution is 6.28. The molecule has 1 aliphatic heterocycles. The summed E-state index contributed by atoms with van der Waals surface area (Å²) in [6, 6.07) is 0.193. The maximum atomic E-state index is 12.4. The molecule has 3 heterocycles. The third-order valence-electron chi connectivity index (χ3n) is 3.86. The molecule has 1 saturated heterocycles. The van der Waals surface area contributed by atoms with Gasteiger partial charge in [-0.2, -0.15) is 4.98 Å². The van der Waals surface area contributed by atoms with Gasteiger partial charge in [-0.1, -0.05) is 0 Å². The molecule has 0 atom stereocenters. The summed E-state index contributed by atoms with van der Waals surface area (Å²) in [7, 11) is 3.84. The van der Waals surface area contributed by atoms with Crippen molar-refractivity contribution in [1.82, 2.24) is 24.0 Å². The highest BCUT2D eigenvalue weighted by atomic mass is 35.5. The monoisotopic (exact) mass is 281 g/mol. The minimum absolute atomic E-state index is 0.0406. The Balaban J connectivity index is 2.15. The Morgan fingerprint density at radius 1 is 1.32 bits per heavy atom. The number of hydrogen-bond donors (Lipinski definition) is 0. The molecule has 0 N–H and O–H groups in total. The highest BCUT2D eigenvalue weighted by Gasteiger charge is 2.24. The maximum absolute atomic E-state index is 12.4. The van der Waals surface area contributed by atoms with Crippen molar-refractivity contribution in [3.05, 3.63) is 22.0 Å². The molecule has 1 aliphatic rings. The van der Waals surface area contributed by atoms with E-state index in [4.69, 9.17) is 11.6 Å². The van der Waals surface area contributed by atoms with Gasteiger partial charge < -0.3 is 4.90 Å². The van der Waals surface area contributed by atoms with E-state index in [1.54, 1.807) is 22.4 Å². The van der Waals surface area contributed by atoms with Crippen LogP contribution in [0.4, 0.5) is 0 Å². The minimum Gasteiger partial charge on any atom is -0.306 e. The zero-order valence-electron chi connectivity index (χ0n) is 11.0. The van der Waals surface area contributed by atoms with E-state index < -0.39 is 0 Å². The molecule has 0 radical (unpaired) electrons. The highest BCUT2D eigenvalue weighted by Crippen LogP contribution is 2.24. The average molecular weight is 282 g/mol. The van der Waals surface area contributed by atoms with Gasteiger partial charge in [0.15, 0.2) is 5.65 Å². The first-order valence-electron chi connectivity index (χ1n) is 6.36. The number of halogens is 1. The predicted molar refractivity (Wildman–Crippen MR) is 73.5 cm³/mol. The Bertz CT molecular complexity index is 669. The molecule has 0 saturated carbocycles. The van der Waals surface area contributed by atoms with Crippen molar-refractivity contribution in [2.45, 2.75) is 18.9 Å². The summed E-state index contributed by atoms with van der Waals surface area (Å²) in [5, 5.41) is 0.180. The Morgan fingerprint density at radius 2 is 2.00 bits per heavy atom. The Labute approximate surface area is 115 Å². The molecule has 6 nitrogen and oxygen atoms in total. The van der Waals surface area contributed by atoms with E-state index in [1.165, 1.54) is 0 Å². The minimum atomic E-state index is -0.0406. The summed E-state index contributed by atoms with van der Waals surface area (Å²) >= 11 is 5.86. The zero-order chi connectivity index (χ0) is 13.6. The SMILES string of the molecule is CN1CCC(n2c(=O)n(C)c3cnc(Cl)nc32)CC1. The van der Waals surface area contributed by atoms with E-state index in [9.17, 15) is 4.79 Å². The lowest BCUT2D eigenvalue weighted by molar-refractivity contribution is 0.220. The molecular formula is C12H16ClN5O. The third kappa shape index (κ3) is 2.04. The lowest BCUT2D eigenvalue weighted by Crippen LogP contribution is -2.35. The van der Waals surface area contributed by atoms with Gasteiger partial charge in [-0.25, -0.2) is 9.78 Å². The largest absolute Gasteiger partial charge is 0.330 e. The Hall–Kier alpha value is -1.40. The van der Waals surface area contributed by atoms with Gasteiger partial charge >= 0.3 is 5.69 Å². The number of aryl methyl sites for hydroxylation is 1. The van der Waals surface area contributed by atoms with E-state index in [2.05, 4.69) is 21.9 Å². The van der Waals surface area contributed by atoms with E-state index in [0.717, 1.165) is 31.4 Å². The molecule has 0 aliphatic carbocycles. The summed E-state index contributed by atoms with van der Waals surface area (Å²) in [6.07, 6.45) is 3.52. The van der Waals surface area contributed by atoms with Crippen LogP contribution in [0.1, 0.15) is 18.9 Å². The summed E-state index contributed by atoms with van der Waals surface area (Å²) in [6.45, 7) is 1.98. The molecule has 3 rings (SSSR count). The van der Waals surface area contributed by atoms with Gasteiger partial charge in [0.1, 0.15) is 5.52 Å². The third-order valence-corrected chi connectivity index (χ3v) is 4.04. The first kappa shape index (κ1) is 12.6. The van der Waals surface area contributed by atoms with Crippen molar-refractivity contribution < 1.29 is 0 Å². The van der Waals surface area contributed by atoms with Crippen molar-refractivity contribution in [2.24, 2.45) is 7.05 Å². The van der Waals surface area contributed by atoms with Gasteiger partial charge in [0, 0.05) is 13.1 Å². The fourth-order valence-corrected chi connectivity index (χ4v) is 2.83. The van der Waals surface area contributed by atoms with Crippen LogP contribution in [-0.2, 0) is 7.05 Å². The molecule has 2 aromatic heterocycles. The number of imidazole rings is 1. The van der Waals surface area contributed by atoms with Crippen molar-refractivity contribution in [2.75, 3.05) is 20.1 Å². The lowest BCUT2D eigenvalue weighted by atomic mass is 10.1. The summed E-state index contributed by atoms with van der Waals surface area (Å²) in [5.74, 6) is 0.